The van der Waals surface area contributed by atoms with Gasteiger partial charge in [-0.05, 0) is 55.0 Å². The van der Waals surface area contributed by atoms with E-state index >= 15 is 0 Å². The average Bonchev–Trinajstić information content (AvgIpc) is 2.95. The summed E-state index contributed by atoms with van der Waals surface area (Å²) in [6.45, 7) is 0. The zero-order valence-corrected chi connectivity index (χ0v) is 14.3. The Morgan fingerprint density at radius 3 is 2.64 bits per heavy atom. The second-order valence-corrected chi connectivity index (χ2v) is 7.16. The highest BCUT2D eigenvalue weighted by atomic mass is 15.7. The molecule has 0 bridgehead atoms. The van der Waals surface area contributed by atoms with Crippen LogP contribution in [-0.4, -0.2) is 16.0 Å². The molecule has 3 nitrogen and oxygen atoms in total. The lowest BCUT2D eigenvalue weighted by Gasteiger charge is -2.36. The van der Waals surface area contributed by atoms with Gasteiger partial charge in [-0.25, -0.2) is 4.98 Å². The first-order chi connectivity index (χ1) is 12.4. The van der Waals surface area contributed by atoms with Gasteiger partial charge in [0.25, 0.3) is 0 Å². The third kappa shape index (κ3) is 2.38. The molecule has 2 aliphatic heterocycles. The first kappa shape index (κ1) is 14.8. The van der Waals surface area contributed by atoms with Gasteiger partial charge >= 0.3 is 0 Å². The van der Waals surface area contributed by atoms with Crippen LogP contribution in [0.3, 0.4) is 0 Å². The summed E-state index contributed by atoms with van der Waals surface area (Å²) in [5.41, 5.74) is 2.82. The van der Waals surface area contributed by atoms with Gasteiger partial charge in [-0.3, -0.25) is 10.0 Å². The van der Waals surface area contributed by atoms with Crippen LogP contribution in [0.5, 0.6) is 0 Å². The number of pyridine rings is 1. The molecule has 3 heterocycles. The van der Waals surface area contributed by atoms with Crippen LogP contribution in [0.4, 0.5) is 5.82 Å². The lowest BCUT2D eigenvalue weighted by atomic mass is 9.80. The van der Waals surface area contributed by atoms with Crippen molar-refractivity contribution in [1.29, 1.82) is 0 Å². The number of nitrogens with zero attached hydrogens (tertiary/aromatic N) is 3. The molecule has 3 atom stereocenters. The highest BCUT2D eigenvalue weighted by Crippen LogP contribution is 2.49. The fourth-order valence-electron chi connectivity index (χ4n) is 4.78. The zero-order chi connectivity index (χ0) is 16.6. The number of hydrazine groups is 1. The van der Waals surface area contributed by atoms with Crippen molar-refractivity contribution >= 4 is 11.9 Å². The van der Waals surface area contributed by atoms with E-state index in [-0.39, 0.29) is 0 Å². The molecule has 126 valence electrons. The maximum Gasteiger partial charge on any atom is 0.147 e. The number of allylic oxidation sites excluding steroid dienone is 2. The van der Waals surface area contributed by atoms with Gasteiger partial charge in [0.15, 0.2) is 0 Å². The Morgan fingerprint density at radius 2 is 1.76 bits per heavy atom. The fourth-order valence-corrected chi connectivity index (χ4v) is 4.78. The molecule has 3 aliphatic rings. The van der Waals surface area contributed by atoms with E-state index in [1.54, 1.807) is 0 Å². The molecule has 3 heteroatoms. The minimum absolute atomic E-state index is 0.416. The first-order valence-electron chi connectivity index (χ1n) is 9.34. The Bertz CT molecular complexity index is 801. The first-order valence-corrected chi connectivity index (χ1v) is 9.34. The predicted octanol–water partition coefficient (Wildman–Crippen LogP) is 4.96. The van der Waals surface area contributed by atoms with E-state index < -0.39 is 0 Å². The molecule has 1 aromatic carbocycles. The molecular formula is C22H23N3. The molecule has 1 aliphatic carbocycles. The van der Waals surface area contributed by atoms with Crippen LogP contribution in [0.1, 0.15) is 42.9 Å². The van der Waals surface area contributed by atoms with Crippen LogP contribution in [0, 0.1) is 5.92 Å². The number of rotatable bonds is 1. The smallest absolute Gasteiger partial charge is 0.147 e. The van der Waals surface area contributed by atoms with Crippen molar-refractivity contribution in [1.82, 2.24) is 9.99 Å². The van der Waals surface area contributed by atoms with E-state index in [4.69, 9.17) is 0 Å². The summed E-state index contributed by atoms with van der Waals surface area (Å²) >= 11 is 0. The summed E-state index contributed by atoms with van der Waals surface area (Å²) in [5.74, 6) is 1.69. The molecule has 0 amide bonds. The SMILES string of the molecule is C1=CN2[C@@H](c3ccccc31)[C@@H]1CC/C=C\CC[C@H]1N2c1ccccn1. The van der Waals surface area contributed by atoms with Gasteiger partial charge in [-0.2, -0.15) is 0 Å². The van der Waals surface area contributed by atoms with E-state index in [0.29, 0.717) is 18.0 Å². The zero-order valence-electron chi connectivity index (χ0n) is 14.3. The van der Waals surface area contributed by atoms with Gasteiger partial charge in [0.05, 0.1) is 12.1 Å². The molecular weight excluding hydrogens is 306 g/mol. The maximum atomic E-state index is 4.69. The van der Waals surface area contributed by atoms with Crippen molar-refractivity contribution in [2.75, 3.05) is 5.01 Å². The van der Waals surface area contributed by atoms with E-state index in [1.165, 1.54) is 30.4 Å². The Morgan fingerprint density at radius 1 is 0.920 bits per heavy atom. The van der Waals surface area contributed by atoms with Crippen molar-refractivity contribution in [3.05, 3.63) is 78.1 Å². The largest absolute Gasteiger partial charge is 0.283 e. The minimum Gasteiger partial charge on any atom is -0.283 e. The van der Waals surface area contributed by atoms with Gasteiger partial charge in [-0.15, -0.1) is 0 Å². The lowest BCUT2D eigenvalue weighted by molar-refractivity contribution is 0.281. The average molecular weight is 329 g/mol. The number of hydrogen-bond donors (Lipinski definition) is 0. The lowest BCUT2D eigenvalue weighted by Crippen LogP contribution is -2.40. The number of fused-ring (bicyclic) bond motifs is 5. The van der Waals surface area contributed by atoms with Crippen molar-refractivity contribution in [3.63, 3.8) is 0 Å². The summed E-state index contributed by atoms with van der Waals surface area (Å²) in [5, 5.41) is 4.91. The fraction of sp³-hybridized carbons (Fsp3) is 0.318. The molecule has 1 aromatic heterocycles. The molecule has 2 aromatic rings. The molecule has 0 unspecified atom stereocenters. The van der Waals surface area contributed by atoms with Crippen LogP contribution in [0.2, 0.25) is 0 Å². The molecule has 0 N–H and O–H groups in total. The summed E-state index contributed by atoms with van der Waals surface area (Å²) in [7, 11) is 0. The normalized spacial score (nSPS) is 28.6. The molecule has 25 heavy (non-hydrogen) atoms. The summed E-state index contributed by atoms with van der Waals surface area (Å²) < 4.78 is 0. The number of benzene rings is 1. The highest BCUT2D eigenvalue weighted by molar-refractivity contribution is 5.59. The van der Waals surface area contributed by atoms with Crippen molar-refractivity contribution in [3.8, 4) is 0 Å². The van der Waals surface area contributed by atoms with Crippen LogP contribution in [0.25, 0.3) is 6.08 Å². The number of aromatic nitrogens is 1. The van der Waals surface area contributed by atoms with Gasteiger partial charge in [0.1, 0.15) is 5.82 Å². The van der Waals surface area contributed by atoms with Gasteiger partial charge in [-0.1, -0.05) is 42.5 Å². The van der Waals surface area contributed by atoms with E-state index in [0.717, 1.165) is 12.2 Å². The Kier molecular flexibility index (Phi) is 3.58. The molecule has 1 saturated heterocycles. The van der Waals surface area contributed by atoms with Gasteiger partial charge < -0.3 is 0 Å². The maximum absolute atomic E-state index is 4.69. The van der Waals surface area contributed by atoms with Crippen LogP contribution >= 0.6 is 0 Å². The summed E-state index contributed by atoms with van der Waals surface area (Å²) in [6, 6.07) is 16.0. The van der Waals surface area contributed by atoms with Crippen molar-refractivity contribution < 1.29 is 0 Å². The van der Waals surface area contributed by atoms with Crippen molar-refractivity contribution in [2.24, 2.45) is 5.92 Å². The van der Waals surface area contributed by atoms with E-state index in [2.05, 4.69) is 75.8 Å². The Labute approximate surface area is 149 Å². The van der Waals surface area contributed by atoms with Crippen molar-refractivity contribution in [2.45, 2.75) is 37.8 Å². The van der Waals surface area contributed by atoms with Gasteiger partial charge in [0, 0.05) is 18.3 Å². The highest BCUT2D eigenvalue weighted by Gasteiger charge is 2.48. The minimum atomic E-state index is 0.416. The number of anilines is 1. The monoisotopic (exact) mass is 329 g/mol. The van der Waals surface area contributed by atoms with E-state index in [1.807, 2.05) is 12.3 Å². The van der Waals surface area contributed by atoms with Crippen LogP contribution < -0.4 is 5.01 Å². The summed E-state index contributed by atoms with van der Waals surface area (Å²) in [4.78, 5) is 4.69. The Balaban J connectivity index is 1.64. The standard InChI is InChI=1S/C22H23N3/c1-2-4-12-20-19(11-3-1)22-18-10-6-5-9-17(18)14-16-24(22)25(20)21-13-7-8-15-23-21/h1-2,5-10,13-16,19-20,22H,3-4,11-12H2/b2-1-/t19-,20-,22+/m1/s1. The second-order valence-electron chi connectivity index (χ2n) is 7.16. The quantitative estimate of drug-likeness (QED) is 0.689. The molecule has 0 saturated carbocycles. The van der Waals surface area contributed by atoms with E-state index in [9.17, 15) is 0 Å². The molecule has 5 rings (SSSR count). The summed E-state index contributed by atoms with van der Waals surface area (Å²) in [6.07, 6.45) is 15.9. The third-order valence-electron chi connectivity index (χ3n) is 5.82. The Hall–Kier alpha value is -2.55. The number of hydrogen-bond acceptors (Lipinski definition) is 3. The second kappa shape index (κ2) is 6.07. The topological polar surface area (TPSA) is 19.4 Å². The molecule has 0 spiro atoms. The van der Waals surface area contributed by atoms with Crippen LogP contribution in [-0.2, 0) is 0 Å². The van der Waals surface area contributed by atoms with Gasteiger partial charge in [0.2, 0.25) is 0 Å². The third-order valence-corrected chi connectivity index (χ3v) is 5.82. The molecule has 0 radical (unpaired) electrons. The van der Waals surface area contributed by atoms with Crippen LogP contribution in [0.15, 0.2) is 67.0 Å². The molecule has 1 fully saturated rings. The predicted molar refractivity (Wildman–Crippen MR) is 102 cm³/mol.